The van der Waals surface area contributed by atoms with E-state index in [4.69, 9.17) is 4.98 Å². The number of piperidine rings is 1. The van der Waals surface area contributed by atoms with Crippen LogP contribution in [0.25, 0.3) is 11.0 Å². The van der Waals surface area contributed by atoms with Crippen molar-refractivity contribution in [1.29, 1.82) is 0 Å². The molecule has 0 saturated carbocycles. The third-order valence-corrected chi connectivity index (χ3v) is 5.93. The minimum absolute atomic E-state index is 0.118. The standard InChI is InChI=1S/C23H36N4O/c1-5-7-15-27(18(3)4)23(28)19-11-10-14-25(16-19)17-22-24-20-12-8-9-13-21(20)26(22)6-2/h8-9,12-13,18-19H,5-7,10-11,14-17H2,1-4H3/t19-/m0/s1. The molecule has 1 amide bonds. The number of fused-ring (bicyclic) bond motifs is 1. The maximum absolute atomic E-state index is 13.2. The summed E-state index contributed by atoms with van der Waals surface area (Å²) >= 11 is 0. The second-order valence-electron chi connectivity index (χ2n) is 8.31. The highest BCUT2D eigenvalue weighted by Gasteiger charge is 2.30. The number of para-hydroxylation sites is 2. The minimum atomic E-state index is 0.118. The molecule has 1 aliphatic heterocycles. The Kier molecular flexibility index (Phi) is 7.11. The maximum Gasteiger partial charge on any atom is 0.227 e. The summed E-state index contributed by atoms with van der Waals surface area (Å²) in [6.45, 7) is 13.2. The molecule has 0 unspecified atom stereocenters. The van der Waals surface area contributed by atoms with Gasteiger partial charge in [-0.25, -0.2) is 4.98 Å². The molecule has 0 spiro atoms. The Labute approximate surface area is 169 Å². The van der Waals surface area contributed by atoms with E-state index in [9.17, 15) is 4.79 Å². The molecule has 2 heterocycles. The SMILES string of the molecule is CCCCN(C(=O)[C@H]1CCCN(Cc2nc3ccccc3n2CC)C1)C(C)C. The maximum atomic E-state index is 13.2. The number of hydrogen-bond acceptors (Lipinski definition) is 3. The third kappa shape index (κ3) is 4.57. The van der Waals surface area contributed by atoms with Gasteiger partial charge in [0.2, 0.25) is 5.91 Å². The van der Waals surface area contributed by atoms with Crippen molar-refractivity contribution in [1.82, 2.24) is 19.4 Å². The first-order valence-corrected chi connectivity index (χ1v) is 11.0. The van der Waals surface area contributed by atoms with E-state index < -0.39 is 0 Å². The monoisotopic (exact) mass is 384 g/mol. The normalized spacial score (nSPS) is 18.1. The van der Waals surface area contributed by atoms with E-state index in [2.05, 4.69) is 60.3 Å². The smallest absolute Gasteiger partial charge is 0.227 e. The first-order valence-electron chi connectivity index (χ1n) is 11.0. The predicted molar refractivity (Wildman–Crippen MR) is 115 cm³/mol. The van der Waals surface area contributed by atoms with Crippen LogP contribution in [0.2, 0.25) is 0 Å². The lowest BCUT2D eigenvalue weighted by Gasteiger charge is -2.36. The van der Waals surface area contributed by atoms with Gasteiger partial charge in [-0.1, -0.05) is 25.5 Å². The Bertz CT molecular complexity index is 782. The summed E-state index contributed by atoms with van der Waals surface area (Å²) in [5.41, 5.74) is 2.27. The number of nitrogens with zero attached hydrogens (tertiary/aromatic N) is 4. The number of imidazole rings is 1. The summed E-state index contributed by atoms with van der Waals surface area (Å²) in [6, 6.07) is 8.63. The van der Waals surface area contributed by atoms with Gasteiger partial charge in [0.25, 0.3) is 0 Å². The number of rotatable bonds is 8. The lowest BCUT2D eigenvalue weighted by molar-refractivity contribution is -0.139. The van der Waals surface area contributed by atoms with Gasteiger partial charge in [0, 0.05) is 25.7 Å². The number of amides is 1. The van der Waals surface area contributed by atoms with Gasteiger partial charge >= 0.3 is 0 Å². The average molecular weight is 385 g/mol. The molecule has 1 saturated heterocycles. The number of carbonyl (C=O) groups excluding carboxylic acids is 1. The molecule has 0 N–H and O–H groups in total. The third-order valence-electron chi connectivity index (χ3n) is 5.93. The lowest BCUT2D eigenvalue weighted by Crippen LogP contribution is -2.47. The lowest BCUT2D eigenvalue weighted by atomic mass is 9.95. The van der Waals surface area contributed by atoms with Gasteiger partial charge in [-0.2, -0.15) is 0 Å². The van der Waals surface area contributed by atoms with Gasteiger partial charge in [-0.3, -0.25) is 9.69 Å². The van der Waals surface area contributed by atoms with Crippen LogP contribution in [0.3, 0.4) is 0 Å². The van der Waals surface area contributed by atoms with Crippen molar-refractivity contribution in [2.45, 2.75) is 72.5 Å². The predicted octanol–water partition coefficient (Wildman–Crippen LogP) is 4.31. The van der Waals surface area contributed by atoms with E-state index in [1.165, 1.54) is 5.52 Å². The van der Waals surface area contributed by atoms with E-state index in [1.807, 2.05) is 6.07 Å². The fraction of sp³-hybridized carbons (Fsp3) is 0.652. The minimum Gasteiger partial charge on any atom is -0.340 e. The number of likely N-dealkylation sites (tertiary alicyclic amines) is 1. The molecule has 2 aromatic rings. The van der Waals surface area contributed by atoms with E-state index in [0.717, 1.165) is 69.7 Å². The van der Waals surface area contributed by atoms with Crippen LogP contribution in [0.4, 0.5) is 0 Å². The molecule has 1 atom stereocenters. The average Bonchev–Trinajstić information content (AvgIpc) is 3.05. The molecule has 0 aliphatic carbocycles. The molecule has 1 aromatic heterocycles. The van der Waals surface area contributed by atoms with Crippen LogP contribution in [-0.2, 0) is 17.9 Å². The molecule has 0 radical (unpaired) electrons. The summed E-state index contributed by atoms with van der Waals surface area (Å²) in [5.74, 6) is 1.58. The van der Waals surface area contributed by atoms with Gasteiger partial charge in [0.05, 0.1) is 23.5 Å². The highest BCUT2D eigenvalue weighted by molar-refractivity contribution is 5.79. The summed E-state index contributed by atoms with van der Waals surface area (Å²) in [4.78, 5) is 22.6. The van der Waals surface area contributed by atoms with Crippen molar-refractivity contribution in [3.63, 3.8) is 0 Å². The molecular formula is C23H36N4O. The Hall–Kier alpha value is -1.88. The van der Waals surface area contributed by atoms with Crippen LogP contribution in [-0.4, -0.2) is 50.9 Å². The van der Waals surface area contributed by atoms with Crippen molar-refractivity contribution in [3.05, 3.63) is 30.1 Å². The molecule has 154 valence electrons. The van der Waals surface area contributed by atoms with E-state index >= 15 is 0 Å². The first-order chi connectivity index (χ1) is 13.5. The Morgan fingerprint density at radius 3 is 2.79 bits per heavy atom. The van der Waals surface area contributed by atoms with Crippen molar-refractivity contribution in [3.8, 4) is 0 Å². The second-order valence-corrected chi connectivity index (χ2v) is 8.31. The molecule has 3 rings (SSSR count). The number of aryl methyl sites for hydroxylation is 1. The Morgan fingerprint density at radius 1 is 1.29 bits per heavy atom. The van der Waals surface area contributed by atoms with E-state index in [-0.39, 0.29) is 12.0 Å². The molecule has 28 heavy (non-hydrogen) atoms. The largest absolute Gasteiger partial charge is 0.340 e. The van der Waals surface area contributed by atoms with Gasteiger partial charge in [0.15, 0.2) is 0 Å². The number of benzene rings is 1. The highest BCUT2D eigenvalue weighted by atomic mass is 16.2. The highest BCUT2D eigenvalue weighted by Crippen LogP contribution is 2.23. The fourth-order valence-electron chi connectivity index (χ4n) is 4.39. The quantitative estimate of drug-likeness (QED) is 0.681. The van der Waals surface area contributed by atoms with E-state index in [0.29, 0.717) is 5.91 Å². The summed E-state index contributed by atoms with van der Waals surface area (Å²) in [6.07, 6.45) is 4.30. The zero-order valence-corrected chi connectivity index (χ0v) is 18.0. The summed E-state index contributed by atoms with van der Waals surface area (Å²) in [7, 11) is 0. The van der Waals surface area contributed by atoms with Crippen molar-refractivity contribution >= 4 is 16.9 Å². The summed E-state index contributed by atoms with van der Waals surface area (Å²) < 4.78 is 2.31. The molecule has 1 fully saturated rings. The molecule has 5 nitrogen and oxygen atoms in total. The molecule has 1 aromatic carbocycles. The summed E-state index contributed by atoms with van der Waals surface area (Å²) in [5, 5.41) is 0. The zero-order chi connectivity index (χ0) is 20.1. The number of unbranched alkanes of at least 4 members (excludes halogenated alkanes) is 1. The van der Waals surface area contributed by atoms with Crippen LogP contribution in [0.15, 0.2) is 24.3 Å². The number of aromatic nitrogens is 2. The van der Waals surface area contributed by atoms with Crippen LogP contribution >= 0.6 is 0 Å². The van der Waals surface area contributed by atoms with Crippen LogP contribution in [0, 0.1) is 5.92 Å². The van der Waals surface area contributed by atoms with Crippen LogP contribution in [0.1, 0.15) is 59.2 Å². The van der Waals surface area contributed by atoms with Crippen molar-refractivity contribution in [2.24, 2.45) is 5.92 Å². The zero-order valence-electron chi connectivity index (χ0n) is 18.0. The molecule has 0 bridgehead atoms. The van der Waals surface area contributed by atoms with Crippen molar-refractivity contribution in [2.75, 3.05) is 19.6 Å². The fourth-order valence-corrected chi connectivity index (χ4v) is 4.39. The number of carbonyl (C=O) groups is 1. The van der Waals surface area contributed by atoms with Crippen LogP contribution in [0.5, 0.6) is 0 Å². The van der Waals surface area contributed by atoms with Gasteiger partial charge < -0.3 is 9.47 Å². The Balaban J connectivity index is 1.70. The molecule has 5 heteroatoms. The van der Waals surface area contributed by atoms with Gasteiger partial charge in [-0.15, -0.1) is 0 Å². The first kappa shape index (κ1) is 20.8. The van der Waals surface area contributed by atoms with Gasteiger partial charge in [-0.05, 0) is 58.7 Å². The Morgan fingerprint density at radius 2 is 2.07 bits per heavy atom. The molecular weight excluding hydrogens is 348 g/mol. The molecule has 1 aliphatic rings. The van der Waals surface area contributed by atoms with Crippen molar-refractivity contribution < 1.29 is 4.79 Å². The topological polar surface area (TPSA) is 41.4 Å². The number of hydrogen-bond donors (Lipinski definition) is 0. The van der Waals surface area contributed by atoms with E-state index in [1.54, 1.807) is 0 Å². The van der Waals surface area contributed by atoms with Gasteiger partial charge in [0.1, 0.15) is 5.82 Å². The second kappa shape index (κ2) is 9.55. The van der Waals surface area contributed by atoms with Crippen LogP contribution < -0.4 is 0 Å².